The van der Waals surface area contributed by atoms with E-state index in [1.54, 1.807) is 18.1 Å². The fourth-order valence-electron chi connectivity index (χ4n) is 17.0. The molecular weight excluding hydrogens is 1230 g/mol. The summed E-state index contributed by atoms with van der Waals surface area (Å²) in [5.74, 6) is -1.29. The number of aromatic amines is 1. The fraction of sp³-hybridized carbons (Fsp3) is 0.469. The number of nitrogens with one attached hydrogen (secondary N) is 1. The first kappa shape index (κ1) is 63.6. The van der Waals surface area contributed by atoms with Crippen LogP contribution in [0.5, 0.6) is 5.75 Å². The van der Waals surface area contributed by atoms with Crippen LogP contribution in [0.1, 0.15) is 92.4 Å². The number of aromatic nitrogens is 7. The number of hydrogen-bond acceptors (Lipinski definition) is 18. The minimum absolute atomic E-state index is 0.00340. The van der Waals surface area contributed by atoms with E-state index in [2.05, 4.69) is 65.5 Å². The molecule has 4 N–H and O–H groups in total. The number of amides is 2. The van der Waals surface area contributed by atoms with Crippen LogP contribution in [0.4, 0.5) is 10.5 Å². The third kappa shape index (κ3) is 10.3. The number of anilines is 1. The quantitative estimate of drug-likeness (QED) is 0.0326. The molecule has 7 aromatic rings. The van der Waals surface area contributed by atoms with Crippen molar-refractivity contribution in [2.75, 3.05) is 71.3 Å². The van der Waals surface area contributed by atoms with Crippen LogP contribution in [-0.4, -0.2) is 192 Å². The van der Waals surface area contributed by atoms with Crippen LogP contribution >= 0.6 is 23.2 Å². The third-order valence-corrected chi connectivity index (χ3v) is 20.7. The molecule has 91 heavy (non-hydrogen) atoms. The number of H-pyrrole nitrogens is 1. The van der Waals surface area contributed by atoms with Crippen molar-refractivity contribution >= 4 is 85.2 Å². The zero-order chi connectivity index (χ0) is 64.7. The Balaban J connectivity index is 0.000000235. The van der Waals surface area contributed by atoms with Crippen LogP contribution in [0.3, 0.4) is 0 Å². The standard InChI is InChI=1S/C48H58ClN5O9.C16H13ClN6.H2O4S/c1-7-44(59)24-29-25-47(42(57)61-6,37-31(14-19-52(26-29)27-44)30-12-9-10-13-34(30)50-37)33-22-32-35(23-36(33)60-5)51(4)39-46(32)16-20-53-18-11-15-45(8-2,38(46)53)40(62-28(3)55)48(39)41(56)54(21-17-49)43(58)63-48;1-22-15-8-12(4-7-14(15)20-21-22)16(23-10-18-9-19-23)11-2-5-13(17)6-3-11;1-5(2,3)4/h9-13,15,22-23,29,38-40,50,59H,7-8,14,16-21,24-27H2,1-6H3;2-10,16H,1H3;(H2,1,2,3,4)/t29-,38+,39-,40-,44+,45-,46-,47+,48+;16-;/m10./s1. The maximum atomic E-state index is 15.5. The van der Waals surface area contributed by atoms with Crippen LogP contribution in [0, 0.1) is 11.3 Å². The average molecular weight is 1310 g/mol. The molecule has 4 aromatic carbocycles. The number of fused-ring (bicyclic) bond motifs is 8. The number of rotatable bonds is 11. The van der Waals surface area contributed by atoms with E-state index in [4.69, 9.17) is 59.7 Å². The Morgan fingerprint density at radius 1 is 0.945 bits per heavy atom. The number of nitrogens with zero attached hydrogens (tertiary/aromatic N) is 10. The second-order valence-electron chi connectivity index (χ2n) is 24.9. The molecule has 14 rings (SSSR count). The van der Waals surface area contributed by atoms with Crippen LogP contribution in [0.2, 0.25) is 5.02 Å². The van der Waals surface area contributed by atoms with Crippen molar-refractivity contribution in [2.24, 2.45) is 18.4 Å². The number of carbonyl (C=O) groups excluding carboxylic acids is 4. The molecule has 1 unspecified atom stereocenters. The van der Waals surface area contributed by atoms with E-state index in [9.17, 15) is 14.7 Å². The van der Waals surface area contributed by atoms with Crippen molar-refractivity contribution in [2.45, 2.75) is 106 Å². The van der Waals surface area contributed by atoms with Crippen LogP contribution in [-0.2, 0) is 63.3 Å². The van der Waals surface area contributed by atoms with Gasteiger partial charge in [0.1, 0.15) is 35.4 Å². The van der Waals surface area contributed by atoms with Gasteiger partial charge in [-0.3, -0.25) is 33.3 Å². The molecule has 11 atom stereocenters. The SMILES string of the molecule is CC[C@]1(O)C[C@H]2CN(CCc3c([nH]c4ccccc34)[C@@](C(=O)OC)(c3cc4c(cc3OC)N(C)[C@H]3[C@]5(OC(=O)N(CCCl)C5=O)[C@H](OC(C)=O)[C@]5(CC)C=CCN6CC[C@]43[C@@H]65)C2)C1.Cn1nnc2ccc([C@H](c3ccc(Cl)cc3)n3cncn3)cc21.O=S(=O)(O)O. The van der Waals surface area contributed by atoms with Crippen molar-refractivity contribution < 1.29 is 60.8 Å². The zero-order valence-electron chi connectivity index (χ0n) is 51.5. The third-order valence-electron chi connectivity index (χ3n) is 20.3. The molecule has 9 heterocycles. The number of piperidine rings is 1. The molecule has 7 aliphatic rings. The number of benzene rings is 4. The summed E-state index contributed by atoms with van der Waals surface area (Å²) in [7, 11) is 2.16. The van der Waals surface area contributed by atoms with Gasteiger partial charge in [0.05, 0.1) is 31.4 Å². The van der Waals surface area contributed by atoms with Crippen molar-refractivity contribution in [3.05, 3.63) is 142 Å². The molecule has 2 bridgehead atoms. The summed E-state index contributed by atoms with van der Waals surface area (Å²) in [6.07, 6.45) is 8.47. The van der Waals surface area contributed by atoms with Gasteiger partial charge in [0.25, 0.3) is 11.5 Å². The highest BCUT2D eigenvalue weighted by Gasteiger charge is 2.84. The first-order valence-corrected chi connectivity index (χ1v) is 32.6. The van der Waals surface area contributed by atoms with Gasteiger partial charge < -0.3 is 33.9 Å². The van der Waals surface area contributed by atoms with Crippen LogP contribution in [0.15, 0.2) is 104 Å². The minimum atomic E-state index is -4.67. The Morgan fingerprint density at radius 3 is 2.37 bits per heavy atom. The molecule has 1 aliphatic carbocycles. The van der Waals surface area contributed by atoms with Gasteiger partial charge in [-0.2, -0.15) is 13.5 Å². The second kappa shape index (κ2) is 23.9. The van der Waals surface area contributed by atoms with Crippen LogP contribution < -0.4 is 9.64 Å². The van der Waals surface area contributed by atoms with E-state index >= 15 is 9.59 Å². The predicted molar refractivity (Wildman–Crippen MR) is 337 cm³/mol. The summed E-state index contributed by atoms with van der Waals surface area (Å²) in [4.78, 5) is 73.9. The molecule has 24 nitrogen and oxygen atoms in total. The zero-order valence-corrected chi connectivity index (χ0v) is 53.8. The summed E-state index contributed by atoms with van der Waals surface area (Å²) < 4.78 is 60.5. The van der Waals surface area contributed by atoms with E-state index in [1.165, 1.54) is 20.4 Å². The molecule has 4 fully saturated rings. The average Bonchev–Trinajstić information content (AvgIpc) is 1.50. The van der Waals surface area contributed by atoms with Gasteiger partial charge in [0.15, 0.2) is 6.10 Å². The Hall–Kier alpha value is -7.49. The molecule has 3 aromatic heterocycles. The number of imide groups is 1. The largest absolute Gasteiger partial charge is 0.496 e. The summed E-state index contributed by atoms with van der Waals surface area (Å²) in [6.45, 7) is 8.54. The van der Waals surface area contributed by atoms with E-state index in [0.29, 0.717) is 87.6 Å². The molecule has 1 saturated carbocycles. The summed E-state index contributed by atoms with van der Waals surface area (Å²) in [5.41, 5.74) is 2.67. The van der Waals surface area contributed by atoms with Gasteiger partial charge in [0, 0.05) is 115 Å². The summed E-state index contributed by atoms with van der Waals surface area (Å²) in [5, 5.41) is 26.3. The molecule has 0 radical (unpaired) electrons. The first-order chi connectivity index (χ1) is 43.4. The predicted octanol–water partition coefficient (Wildman–Crippen LogP) is 7.24. The number of halogens is 2. The highest BCUT2D eigenvalue weighted by atomic mass is 35.5. The molecule has 6 aliphatic heterocycles. The van der Waals surface area contributed by atoms with E-state index in [0.717, 1.165) is 60.5 Å². The lowest BCUT2D eigenvalue weighted by Gasteiger charge is -2.63. The van der Waals surface area contributed by atoms with E-state index in [1.807, 2.05) is 98.2 Å². The Labute approximate surface area is 535 Å². The number of carbonyl (C=O) groups is 4. The number of aliphatic hydroxyl groups is 1. The topological polar surface area (TPSA) is 290 Å². The highest BCUT2D eigenvalue weighted by Crippen LogP contribution is 2.70. The van der Waals surface area contributed by atoms with Crippen molar-refractivity contribution in [1.82, 2.24) is 49.4 Å². The Morgan fingerprint density at radius 2 is 1.69 bits per heavy atom. The van der Waals surface area contributed by atoms with Gasteiger partial charge in [-0.15, -0.1) is 16.7 Å². The lowest BCUT2D eigenvalue weighted by molar-refractivity contribution is -0.210. The van der Waals surface area contributed by atoms with Gasteiger partial charge >= 0.3 is 28.4 Å². The van der Waals surface area contributed by atoms with Crippen molar-refractivity contribution in [3.8, 4) is 5.75 Å². The van der Waals surface area contributed by atoms with Crippen LogP contribution in [0.25, 0.3) is 21.9 Å². The van der Waals surface area contributed by atoms with E-state index < -0.39 is 73.9 Å². The molecule has 2 spiro atoms. The first-order valence-electron chi connectivity index (χ1n) is 30.3. The molecule has 482 valence electrons. The van der Waals surface area contributed by atoms with Gasteiger partial charge in [0.2, 0.25) is 0 Å². The summed E-state index contributed by atoms with van der Waals surface area (Å²) >= 11 is 12.3. The van der Waals surface area contributed by atoms with E-state index in [-0.39, 0.29) is 30.4 Å². The minimum Gasteiger partial charge on any atom is -0.496 e. The molecule has 2 amide bonds. The van der Waals surface area contributed by atoms with Crippen molar-refractivity contribution in [1.29, 1.82) is 0 Å². The molecule has 3 saturated heterocycles. The maximum absolute atomic E-state index is 15.5. The number of esters is 2. The molecule has 27 heteroatoms. The number of para-hydroxylation sites is 1. The Kier molecular flexibility index (Phi) is 16.7. The monoisotopic (exact) mass is 1310 g/mol. The van der Waals surface area contributed by atoms with Gasteiger partial charge in [-0.25, -0.2) is 24.0 Å². The number of aryl methyl sites for hydroxylation is 1. The summed E-state index contributed by atoms with van der Waals surface area (Å²) in [6, 6.07) is 24.8. The van der Waals surface area contributed by atoms with Gasteiger partial charge in [-0.05, 0) is 110 Å². The maximum Gasteiger partial charge on any atom is 0.417 e. The highest BCUT2D eigenvalue weighted by molar-refractivity contribution is 7.79. The smallest absolute Gasteiger partial charge is 0.417 e. The fourth-order valence-corrected chi connectivity index (χ4v) is 17.3. The number of hydrogen-bond donors (Lipinski definition) is 4. The van der Waals surface area contributed by atoms with Gasteiger partial charge in [-0.1, -0.05) is 79.2 Å². The van der Waals surface area contributed by atoms with Crippen molar-refractivity contribution in [3.63, 3.8) is 0 Å². The number of ether oxygens (including phenoxy) is 4. The second-order valence-corrected chi connectivity index (χ2v) is 26.6. The number of likely N-dealkylation sites (N-methyl/N-ethyl adjacent to an activating group) is 1. The Bertz CT molecular complexity index is 4120. The number of alkyl halides is 1. The normalized spacial score (nSPS) is 29.1. The number of methoxy groups -OCH3 is 2. The lowest BCUT2D eigenvalue weighted by Crippen LogP contribution is -2.81. The lowest BCUT2D eigenvalue weighted by atomic mass is 9.47. The molecular formula is C64H73Cl2N11O13S.